The quantitative estimate of drug-likeness (QED) is 0.0248. The molecule has 822 valence electrons. The molecule has 0 aromatic carbocycles. The molecule has 6 heterocycles. The van der Waals surface area contributed by atoms with E-state index in [9.17, 15) is 151 Å². The molecular formula is C96H166N4O42. The third-order valence-corrected chi connectivity index (χ3v) is 26.9. The standard InChI is InChI=1S/C96H166N4O42/c1-7-9-11-13-15-17-19-21-22-23-24-25-26-27-28-30-32-34-36-38-40-42-70(116)100-59(60(111)41-39-37-35-33-31-29-20-18-16-14-12-10-8-2)53-131-89-80(123)79(122)82(68(51-105)133-89)135-90-81(124)87(83(69(52-106)134-90)136-88-58(43-54(3)107)74(117)76(119)65(48-102)132-88)142-96(93(129)130)46-63(114)73(99-57(6)110)86(141-96)78(121)67(50-104)138-95(92(127)128)45-62(113)72(98-56(5)109)85(140-95)77(120)66(49-103)137-94(91(125)126)44-61(112)71(97-55(4)108)84(139-94)75(118)64(115)47-101/h21-22,39,41,58-69,71-90,101-106,111-115,117-124H,7-20,23-38,40,42-53H2,1-6H3,(H,97,108)(H,98,109)(H,99,110)(H,100,116)(H,125,126)(H,127,128)(H,129,130)/t58-,59+,60-,61+,62+,63+,64-,65-,66-,67-,68-,69-,71-,72-,73-,74-,75-,76+,77-,78-,79-,80-,81-,82-,83+,84?,85?,86?,87-,88+,89-,90+,94-,95-,96+/m1/s1. The number of unbranched alkanes of at least 4 members (excludes halogenated alkanes) is 28. The zero-order valence-corrected chi connectivity index (χ0v) is 82.7. The summed E-state index contributed by atoms with van der Waals surface area (Å²) in [6.45, 7) is -0.581. The topological polar surface area (TPSA) is 741 Å². The van der Waals surface area contributed by atoms with E-state index in [4.69, 9.17) is 56.8 Å². The summed E-state index contributed by atoms with van der Waals surface area (Å²) < 4.78 is 72.1. The van der Waals surface area contributed by atoms with Crippen molar-refractivity contribution in [2.45, 2.75) is 480 Å². The molecule has 6 saturated heterocycles. The smallest absolute Gasteiger partial charge is 0.364 e. The number of amides is 4. The average molecular weight is 2050 g/mol. The van der Waals surface area contributed by atoms with Crippen LogP contribution in [0.5, 0.6) is 0 Å². The minimum atomic E-state index is -3.71. The van der Waals surface area contributed by atoms with Gasteiger partial charge in [0, 0.05) is 58.8 Å². The summed E-state index contributed by atoms with van der Waals surface area (Å²) in [7, 11) is 0. The zero-order valence-electron chi connectivity index (χ0n) is 82.7. The summed E-state index contributed by atoms with van der Waals surface area (Å²) >= 11 is 0. The molecule has 0 radical (unpaired) electrons. The predicted octanol–water partition coefficient (Wildman–Crippen LogP) is -1.31. The van der Waals surface area contributed by atoms with Crippen molar-refractivity contribution in [1.82, 2.24) is 21.3 Å². The fourth-order valence-electron chi connectivity index (χ4n) is 19.0. The Bertz CT molecular complexity index is 3730. The molecule has 0 spiro atoms. The molecule has 26 N–H and O–H groups in total. The van der Waals surface area contributed by atoms with Gasteiger partial charge in [-0.25, -0.2) is 14.4 Å². The van der Waals surface area contributed by atoms with Crippen molar-refractivity contribution in [1.29, 1.82) is 0 Å². The maximum absolute atomic E-state index is 14.5. The number of carboxylic acid groups (broad SMARTS) is 3. The maximum Gasteiger partial charge on any atom is 0.364 e. The van der Waals surface area contributed by atoms with Gasteiger partial charge in [0.1, 0.15) is 122 Å². The second-order valence-corrected chi connectivity index (χ2v) is 38.5. The molecule has 6 aliphatic heterocycles. The fraction of sp³-hybridized carbons (Fsp3) is 0.875. The first-order chi connectivity index (χ1) is 67.6. The molecule has 0 aromatic heterocycles. The Balaban J connectivity index is 1.28. The van der Waals surface area contributed by atoms with Crippen LogP contribution >= 0.6 is 0 Å². The largest absolute Gasteiger partial charge is 0.477 e. The minimum Gasteiger partial charge on any atom is -0.477 e. The summed E-state index contributed by atoms with van der Waals surface area (Å²) in [5.41, 5.74) is 0. The van der Waals surface area contributed by atoms with Crippen molar-refractivity contribution < 1.29 is 208 Å². The molecular weight excluding hydrogens is 1880 g/mol. The Kier molecular flexibility index (Phi) is 56.2. The highest BCUT2D eigenvalue weighted by atomic mass is 16.8. The van der Waals surface area contributed by atoms with Crippen LogP contribution in [0.4, 0.5) is 0 Å². The molecule has 6 fully saturated rings. The molecule has 6 rings (SSSR count). The van der Waals surface area contributed by atoms with Gasteiger partial charge in [-0.15, -0.1) is 0 Å². The first kappa shape index (κ1) is 125. The molecule has 0 bridgehead atoms. The van der Waals surface area contributed by atoms with E-state index in [2.05, 4.69) is 47.3 Å². The highest BCUT2D eigenvalue weighted by molar-refractivity contribution is 5.79. The number of carbonyl (C=O) groups excluding carboxylic acids is 5. The van der Waals surface area contributed by atoms with Gasteiger partial charge < -0.3 is 195 Å². The summed E-state index contributed by atoms with van der Waals surface area (Å²) in [6.07, 6.45) is -24.8. The Morgan fingerprint density at radius 1 is 0.401 bits per heavy atom. The molecule has 0 saturated carbocycles. The SMILES string of the molecule is CCCCCCCCC=CCCCCCCCCCCCCCC(=O)N[C@@H](CO[C@@H]1O[C@H](CO)[C@@H](O[C@@H]2O[C@H](CO)[C@H](O[C@@H]3O[C@H](CO)[C@H](O)[C@H](O)[C@H]3CC(C)=O)[C@H](O[C@]3(C(=O)O)C[C@H](O)[C@@H](NC(C)=O)C([C@H](O)[C@@H](CO)O[C@]4(C(=O)O)C[C@H](O)[C@@H](NC(C)=O)C([C@H](O)[C@@H](CO)O[C@]5(C(=O)O)C[C@H](O)[C@@H](NC(C)=O)C([C@H](O)[C@H](O)CO)O5)O4)O3)[C@H]2O)[C@H](O)[C@H]1O)[C@H](O)C=CCCCCCCCCCCCCC. The number of hydrogen-bond acceptors (Lipinski definition) is 39. The third kappa shape index (κ3) is 37.4. The highest BCUT2D eigenvalue weighted by Crippen LogP contribution is 2.45. The first-order valence-corrected chi connectivity index (χ1v) is 50.7. The number of carboxylic acids is 3. The lowest BCUT2D eigenvalue weighted by molar-refractivity contribution is -0.404. The highest BCUT2D eigenvalue weighted by Gasteiger charge is 2.65. The number of aliphatic carboxylic acids is 3. The Morgan fingerprint density at radius 3 is 1.18 bits per heavy atom. The average Bonchev–Trinajstić information content (AvgIpc) is 0.741. The summed E-state index contributed by atoms with van der Waals surface area (Å²) in [5.74, 6) is -23.6. The number of carbonyl (C=O) groups is 8. The number of ketones is 1. The van der Waals surface area contributed by atoms with E-state index >= 15 is 0 Å². The molecule has 0 aromatic rings. The molecule has 46 heteroatoms. The van der Waals surface area contributed by atoms with Crippen LogP contribution in [0.3, 0.4) is 0 Å². The van der Waals surface area contributed by atoms with Crippen LogP contribution in [-0.2, 0) is 95.2 Å². The Morgan fingerprint density at radius 2 is 0.775 bits per heavy atom. The van der Waals surface area contributed by atoms with Gasteiger partial charge in [0.25, 0.3) is 17.4 Å². The third-order valence-electron chi connectivity index (χ3n) is 26.9. The van der Waals surface area contributed by atoms with Gasteiger partial charge in [0.05, 0.1) is 101 Å². The van der Waals surface area contributed by atoms with E-state index in [1.54, 1.807) is 6.08 Å². The van der Waals surface area contributed by atoms with Gasteiger partial charge in [-0.05, 0) is 51.9 Å². The van der Waals surface area contributed by atoms with Gasteiger partial charge >= 0.3 is 17.9 Å². The number of ether oxygens (including phenoxy) is 12. The summed E-state index contributed by atoms with van der Waals surface area (Å²) in [4.78, 5) is 107. The molecule has 4 amide bonds. The maximum atomic E-state index is 14.5. The number of nitrogens with one attached hydrogen (secondary N) is 4. The van der Waals surface area contributed by atoms with Crippen molar-refractivity contribution in [3.8, 4) is 0 Å². The van der Waals surface area contributed by atoms with Gasteiger partial charge in [-0.3, -0.25) is 19.2 Å². The molecule has 46 nitrogen and oxygen atoms in total. The van der Waals surface area contributed by atoms with Gasteiger partial charge in [-0.2, -0.15) is 0 Å². The van der Waals surface area contributed by atoms with Crippen LogP contribution in [0.2, 0.25) is 0 Å². The Labute approximate surface area is 828 Å². The summed E-state index contributed by atoms with van der Waals surface area (Å²) in [5, 5.41) is 262. The van der Waals surface area contributed by atoms with Crippen molar-refractivity contribution in [2.75, 3.05) is 46.2 Å². The molecule has 35 atom stereocenters. The predicted molar refractivity (Wildman–Crippen MR) is 497 cm³/mol. The first-order valence-electron chi connectivity index (χ1n) is 50.7. The lowest BCUT2D eigenvalue weighted by atomic mass is 9.86. The molecule has 0 aliphatic carbocycles. The number of rotatable bonds is 69. The minimum absolute atomic E-state index is 0.0789. The Hall–Kier alpha value is -5.80. The van der Waals surface area contributed by atoms with Crippen LogP contribution in [0.25, 0.3) is 0 Å². The van der Waals surface area contributed by atoms with E-state index in [1.165, 1.54) is 109 Å². The fourth-order valence-corrected chi connectivity index (χ4v) is 19.0. The van der Waals surface area contributed by atoms with Crippen LogP contribution in [0.15, 0.2) is 24.3 Å². The number of aliphatic hydroxyl groups excluding tert-OH is 19. The van der Waals surface area contributed by atoms with Crippen LogP contribution in [0, 0.1) is 5.92 Å². The van der Waals surface area contributed by atoms with E-state index in [0.717, 1.165) is 111 Å². The van der Waals surface area contributed by atoms with Crippen molar-refractivity contribution >= 4 is 47.3 Å². The van der Waals surface area contributed by atoms with Gasteiger partial charge in [0.15, 0.2) is 18.9 Å². The summed E-state index contributed by atoms with van der Waals surface area (Å²) in [6, 6.07) is -7.30. The second-order valence-electron chi connectivity index (χ2n) is 38.5. The van der Waals surface area contributed by atoms with Crippen LogP contribution in [-0.4, -0.2) is 413 Å². The monoisotopic (exact) mass is 2050 g/mol. The number of allylic oxidation sites excluding steroid dienone is 3. The van der Waals surface area contributed by atoms with Crippen molar-refractivity contribution in [3.63, 3.8) is 0 Å². The normalized spacial score (nSPS) is 33.1. The van der Waals surface area contributed by atoms with E-state index in [1.807, 2.05) is 0 Å². The van der Waals surface area contributed by atoms with E-state index in [-0.39, 0.29) is 6.42 Å². The van der Waals surface area contributed by atoms with Crippen molar-refractivity contribution in [3.05, 3.63) is 24.3 Å². The van der Waals surface area contributed by atoms with E-state index in [0.29, 0.717) is 12.8 Å². The zero-order chi connectivity index (χ0) is 105. The lowest BCUT2D eigenvalue weighted by Gasteiger charge is -2.53. The lowest BCUT2D eigenvalue weighted by Crippen LogP contribution is -2.72. The van der Waals surface area contributed by atoms with Gasteiger partial charge in [-0.1, -0.05) is 192 Å². The second kappa shape index (κ2) is 63.9. The van der Waals surface area contributed by atoms with Crippen LogP contribution in [0.1, 0.15) is 273 Å². The number of hydrogen-bond donors (Lipinski definition) is 26. The molecule has 3 unspecified atom stereocenters. The molecule has 6 aliphatic rings. The molecule has 142 heavy (non-hydrogen) atoms. The van der Waals surface area contributed by atoms with Crippen molar-refractivity contribution in [2.24, 2.45) is 5.92 Å². The number of Topliss-reactive ketones (excluding diaryl/α,β-unsaturated/α-hetero) is 1. The number of aliphatic hydroxyl groups is 19. The van der Waals surface area contributed by atoms with Crippen LogP contribution < -0.4 is 21.3 Å². The van der Waals surface area contributed by atoms with E-state index < -0.39 is 332 Å². The van der Waals surface area contributed by atoms with Gasteiger partial charge in [0.2, 0.25) is 23.6 Å².